The van der Waals surface area contributed by atoms with Gasteiger partial charge in [0.25, 0.3) is 0 Å². The van der Waals surface area contributed by atoms with Gasteiger partial charge in [0.15, 0.2) is 5.11 Å². The van der Waals surface area contributed by atoms with Crippen LogP contribution < -0.4 is 10.2 Å². The molecule has 3 rings (SSSR count). The van der Waals surface area contributed by atoms with Crippen molar-refractivity contribution in [2.45, 2.75) is 32.4 Å². The fraction of sp³-hybridized carbons (Fsp3) is 0.381. The predicted octanol–water partition coefficient (Wildman–Crippen LogP) is 4.18. The van der Waals surface area contributed by atoms with Gasteiger partial charge in [0.05, 0.1) is 0 Å². The summed E-state index contributed by atoms with van der Waals surface area (Å²) in [4.78, 5) is 4.58. The first-order valence-corrected chi connectivity index (χ1v) is 9.50. The molecule has 0 atom stereocenters. The molecule has 0 aliphatic carbocycles. The highest BCUT2D eigenvalue weighted by atomic mass is 32.1. The number of thiocarbonyl (C=S) groups is 1. The molecule has 0 spiro atoms. The molecular formula is C21H27N3S. The van der Waals surface area contributed by atoms with Crippen LogP contribution in [0.4, 0.5) is 5.69 Å². The summed E-state index contributed by atoms with van der Waals surface area (Å²) in [6, 6.07) is 19.3. The standard InChI is InChI=1S/C21H27N3S/c1-23(21(25)22-16-18-8-4-2-5-9-18)17-19-10-12-20(13-11-19)24-14-6-3-7-15-24/h2,4-5,8-13H,3,6-7,14-17H2,1H3,(H,22,25). The number of hydrogen-bond acceptors (Lipinski definition) is 2. The highest BCUT2D eigenvalue weighted by Gasteiger charge is 2.11. The molecule has 1 fully saturated rings. The van der Waals surface area contributed by atoms with Gasteiger partial charge in [-0.3, -0.25) is 0 Å². The zero-order valence-electron chi connectivity index (χ0n) is 14.9. The zero-order valence-corrected chi connectivity index (χ0v) is 15.8. The van der Waals surface area contributed by atoms with Crippen LogP contribution in [-0.2, 0) is 13.1 Å². The monoisotopic (exact) mass is 353 g/mol. The maximum absolute atomic E-state index is 5.51. The summed E-state index contributed by atoms with van der Waals surface area (Å²) in [5, 5.41) is 4.11. The zero-order chi connectivity index (χ0) is 17.5. The lowest BCUT2D eigenvalue weighted by Crippen LogP contribution is -2.36. The third-order valence-electron chi connectivity index (χ3n) is 4.71. The maximum Gasteiger partial charge on any atom is 0.169 e. The minimum Gasteiger partial charge on any atom is -0.372 e. The lowest BCUT2D eigenvalue weighted by Gasteiger charge is -2.29. The smallest absolute Gasteiger partial charge is 0.169 e. The summed E-state index contributed by atoms with van der Waals surface area (Å²) in [7, 11) is 2.04. The normalized spacial score (nSPS) is 14.2. The Morgan fingerprint density at radius 1 is 0.960 bits per heavy atom. The number of piperidine rings is 1. The van der Waals surface area contributed by atoms with E-state index in [2.05, 4.69) is 51.5 Å². The molecule has 4 heteroatoms. The van der Waals surface area contributed by atoms with Crippen LogP contribution in [0, 0.1) is 0 Å². The van der Waals surface area contributed by atoms with E-state index in [1.165, 1.54) is 49.2 Å². The molecular weight excluding hydrogens is 326 g/mol. The van der Waals surface area contributed by atoms with Gasteiger partial charge < -0.3 is 15.1 Å². The Kier molecular flexibility index (Phi) is 6.29. The van der Waals surface area contributed by atoms with Crippen LogP contribution in [0.5, 0.6) is 0 Å². The molecule has 1 N–H and O–H groups in total. The second-order valence-corrected chi connectivity index (χ2v) is 7.10. The number of rotatable bonds is 5. The van der Waals surface area contributed by atoms with Crippen LogP contribution in [0.1, 0.15) is 30.4 Å². The molecule has 2 aromatic rings. The fourth-order valence-corrected chi connectivity index (χ4v) is 3.36. The van der Waals surface area contributed by atoms with Gasteiger partial charge in [-0.1, -0.05) is 42.5 Å². The first-order valence-electron chi connectivity index (χ1n) is 9.09. The molecule has 25 heavy (non-hydrogen) atoms. The molecule has 1 aliphatic heterocycles. The van der Waals surface area contributed by atoms with E-state index in [1.807, 2.05) is 25.2 Å². The lowest BCUT2D eigenvalue weighted by atomic mass is 10.1. The van der Waals surface area contributed by atoms with Crippen molar-refractivity contribution in [1.82, 2.24) is 10.2 Å². The first kappa shape index (κ1) is 17.7. The topological polar surface area (TPSA) is 18.5 Å². The number of anilines is 1. The number of nitrogens with zero attached hydrogens (tertiary/aromatic N) is 2. The Morgan fingerprint density at radius 3 is 2.32 bits per heavy atom. The Morgan fingerprint density at radius 2 is 1.64 bits per heavy atom. The van der Waals surface area contributed by atoms with Crippen molar-refractivity contribution in [3.63, 3.8) is 0 Å². The minimum atomic E-state index is 0.762. The Hall–Kier alpha value is -2.07. The molecule has 1 heterocycles. The van der Waals surface area contributed by atoms with Gasteiger partial charge in [0.1, 0.15) is 0 Å². The molecule has 0 amide bonds. The van der Waals surface area contributed by atoms with Crippen LogP contribution in [-0.4, -0.2) is 30.1 Å². The maximum atomic E-state index is 5.51. The fourth-order valence-electron chi connectivity index (χ4n) is 3.22. The Balaban J connectivity index is 1.49. The van der Waals surface area contributed by atoms with E-state index >= 15 is 0 Å². The number of nitrogens with one attached hydrogen (secondary N) is 1. The largest absolute Gasteiger partial charge is 0.372 e. The third kappa shape index (κ3) is 5.20. The third-order valence-corrected chi connectivity index (χ3v) is 5.17. The van der Waals surface area contributed by atoms with Gasteiger partial charge in [0.2, 0.25) is 0 Å². The van der Waals surface area contributed by atoms with Crippen molar-refractivity contribution in [3.05, 3.63) is 65.7 Å². The van der Waals surface area contributed by atoms with Crippen molar-refractivity contribution in [3.8, 4) is 0 Å². The predicted molar refractivity (Wildman–Crippen MR) is 110 cm³/mol. The number of hydrogen-bond donors (Lipinski definition) is 1. The van der Waals surface area contributed by atoms with E-state index in [-0.39, 0.29) is 0 Å². The second kappa shape index (κ2) is 8.86. The van der Waals surface area contributed by atoms with E-state index in [9.17, 15) is 0 Å². The lowest BCUT2D eigenvalue weighted by molar-refractivity contribution is 0.488. The molecule has 132 valence electrons. The summed E-state index contributed by atoms with van der Waals surface area (Å²) >= 11 is 5.51. The molecule has 1 saturated heterocycles. The molecule has 0 saturated carbocycles. The van der Waals surface area contributed by atoms with E-state index in [0.717, 1.165) is 18.2 Å². The molecule has 1 aliphatic rings. The van der Waals surface area contributed by atoms with Gasteiger partial charge in [-0.05, 0) is 54.7 Å². The van der Waals surface area contributed by atoms with Crippen LogP contribution >= 0.6 is 12.2 Å². The summed E-state index contributed by atoms with van der Waals surface area (Å²) in [5.74, 6) is 0. The van der Waals surface area contributed by atoms with E-state index in [0.29, 0.717) is 0 Å². The van der Waals surface area contributed by atoms with Gasteiger partial charge in [-0.25, -0.2) is 0 Å². The van der Waals surface area contributed by atoms with E-state index in [4.69, 9.17) is 12.2 Å². The van der Waals surface area contributed by atoms with Gasteiger partial charge in [-0.2, -0.15) is 0 Å². The second-order valence-electron chi connectivity index (χ2n) is 6.71. The Labute approximate surface area is 156 Å². The summed E-state index contributed by atoms with van der Waals surface area (Å²) in [5.41, 5.74) is 3.87. The van der Waals surface area contributed by atoms with Crippen LogP contribution in [0.2, 0.25) is 0 Å². The highest BCUT2D eigenvalue weighted by molar-refractivity contribution is 7.80. The van der Waals surface area contributed by atoms with Crippen molar-refractivity contribution >= 4 is 23.0 Å². The average molecular weight is 354 g/mol. The summed E-state index contributed by atoms with van der Waals surface area (Å²) in [6.07, 6.45) is 3.99. The van der Waals surface area contributed by atoms with E-state index < -0.39 is 0 Å². The van der Waals surface area contributed by atoms with Crippen molar-refractivity contribution in [1.29, 1.82) is 0 Å². The van der Waals surface area contributed by atoms with Crippen molar-refractivity contribution in [2.75, 3.05) is 25.0 Å². The summed E-state index contributed by atoms with van der Waals surface area (Å²) < 4.78 is 0. The number of benzene rings is 2. The van der Waals surface area contributed by atoms with Gasteiger partial charge in [0, 0.05) is 38.9 Å². The van der Waals surface area contributed by atoms with Crippen molar-refractivity contribution in [2.24, 2.45) is 0 Å². The van der Waals surface area contributed by atoms with Crippen LogP contribution in [0.15, 0.2) is 54.6 Å². The van der Waals surface area contributed by atoms with Gasteiger partial charge in [-0.15, -0.1) is 0 Å². The molecule has 3 nitrogen and oxygen atoms in total. The van der Waals surface area contributed by atoms with Gasteiger partial charge >= 0.3 is 0 Å². The van der Waals surface area contributed by atoms with E-state index in [1.54, 1.807) is 0 Å². The average Bonchev–Trinajstić information content (AvgIpc) is 2.68. The Bertz CT molecular complexity index is 663. The molecule has 0 radical (unpaired) electrons. The van der Waals surface area contributed by atoms with Crippen molar-refractivity contribution < 1.29 is 0 Å². The summed E-state index contributed by atoms with van der Waals surface area (Å²) in [6.45, 7) is 3.96. The van der Waals surface area contributed by atoms with Crippen LogP contribution in [0.25, 0.3) is 0 Å². The van der Waals surface area contributed by atoms with Crippen LogP contribution in [0.3, 0.4) is 0 Å². The molecule has 0 aromatic heterocycles. The molecule has 0 bridgehead atoms. The highest BCUT2D eigenvalue weighted by Crippen LogP contribution is 2.20. The minimum absolute atomic E-state index is 0.762. The molecule has 0 unspecified atom stereocenters. The molecule has 2 aromatic carbocycles. The first-order chi connectivity index (χ1) is 12.2. The quantitative estimate of drug-likeness (QED) is 0.812. The SMILES string of the molecule is CN(Cc1ccc(N2CCCCC2)cc1)C(=S)NCc1ccccc1.